The summed E-state index contributed by atoms with van der Waals surface area (Å²) in [7, 11) is 0. The molecule has 1 N–H and O–H groups in total. The summed E-state index contributed by atoms with van der Waals surface area (Å²) in [4.78, 5) is 0. The monoisotopic (exact) mass is 404 g/mol. The van der Waals surface area contributed by atoms with Crippen LogP contribution in [-0.2, 0) is 0 Å². The minimum atomic E-state index is -2.65. The van der Waals surface area contributed by atoms with Gasteiger partial charge in [0.25, 0.3) is 14.1 Å². The van der Waals surface area contributed by atoms with Gasteiger partial charge in [0, 0.05) is 0 Å². The van der Waals surface area contributed by atoms with Crippen molar-refractivity contribution in [2.45, 2.75) is 17.4 Å². The number of phenols is 1. The number of hydrogen-bond donors (Lipinski definition) is 1. The van der Waals surface area contributed by atoms with Crippen molar-refractivity contribution in [1.82, 2.24) is 0 Å². The molecule has 0 fully saturated rings. The second-order valence-corrected chi connectivity index (χ2v) is 9.12. The van der Waals surface area contributed by atoms with Crippen LogP contribution in [0, 0.1) is 52.4 Å². The molecule has 142 valence electrons. The first-order chi connectivity index (χ1) is 11.8. The first-order valence-electron chi connectivity index (χ1n) is 6.91. The van der Waals surface area contributed by atoms with Crippen molar-refractivity contribution < 1.29 is 44.6 Å². The average molecular weight is 404 g/mol. The maximum absolute atomic E-state index is 13.5. The molecule has 2 aromatic carbocycles. The Hall–Kier alpha value is -1.86. The van der Waals surface area contributed by atoms with Crippen LogP contribution in [0.25, 0.3) is 11.1 Å². The molecule has 26 heavy (non-hydrogen) atoms. The van der Waals surface area contributed by atoms with Crippen LogP contribution in [0.15, 0.2) is 0 Å². The van der Waals surface area contributed by atoms with Crippen LogP contribution in [0.2, 0.25) is 17.4 Å². The number of hydrogen-bond acceptors (Lipinski definition) is 1. The Morgan fingerprint density at radius 3 is 0.923 bits per heavy atom. The third kappa shape index (κ3) is 3.94. The fourth-order valence-electron chi connectivity index (χ4n) is 1.66. The highest BCUT2D eigenvalue weighted by Crippen LogP contribution is 2.39. The Balaban J connectivity index is 0.000000765. The lowest BCUT2D eigenvalue weighted by Crippen LogP contribution is -2.08. The van der Waals surface area contributed by atoms with Crippen molar-refractivity contribution in [3.63, 3.8) is 0 Å². The van der Waals surface area contributed by atoms with E-state index in [9.17, 15) is 39.5 Å². The van der Waals surface area contributed by atoms with Crippen molar-refractivity contribution in [3.05, 3.63) is 52.4 Å². The van der Waals surface area contributed by atoms with E-state index in [1.54, 1.807) is 0 Å². The zero-order valence-corrected chi connectivity index (χ0v) is 14.6. The van der Waals surface area contributed by atoms with Crippen LogP contribution in [0.1, 0.15) is 0 Å². The first-order valence-corrected chi connectivity index (χ1v) is 10.4. The van der Waals surface area contributed by atoms with Gasteiger partial charge in [0.1, 0.15) is 0 Å². The lowest BCUT2D eigenvalue weighted by molar-refractivity contribution is 0.355. The maximum Gasteiger partial charge on any atom is 0.251 e. The summed E-state index contributed by atoms with van der Waals surface area (Å²) in [5, 5.41) is 8.71. The molecule has 0 bridgehead atoms. The fraction of sp³-hybridized carbons (Fsp3) is 0.200. The first kappa shape index (κ1) is 22.2. The number of phenolic OH excluding ortho intramolecular Hbond substituents is 1. The molecule has 0 unspecified atom stereocenters. The van der Waals surface area contributed by atoms with E-state index >= 15 is 0 Å². The molecular weight excluding hydrogens is 394 g/mol. The van der Waals surface area contributed by atoms with Crippen molar-refractivity contribution >= 4 is 14.1 Å². The van der Waals surface area contributed by atoms with Gasteiger partial charge in [0.2, 0.25) is 17.5 Å². The smallest absolute Gasteiger partial charge is 0.251 e. The van der Waals surface area contributed by atoms with Gasteiger partial charge in [-0.1, -0.05) is 0 Å². The van der Waals surface area contributed by atoms with E-state index in [0.29, 0.717) is 0 Å². The summed E-state index contributed by atoms with van der Waals surface area (Å²) in [5.74, 6) is -18.4. The van der Waals surface area contributed by atoms with Gasteiger partial charge >= 0.3 is 0 Å². The van der Waals surface area contributed by atoms with Crippen LogP contribution in [-0.4, -0.2) is 19.3 Å². The molecule has 2 aromatic rings. The number of rotatable bonds is 1. The number of halogens is 9. The van der Waals surface area contributed by atoms with Gasteiger partial charge in [-0.05, 0) is 0 Å². The molecule has 0 saturated carbocycles. The third-order valence-electron chi connectivity index (χ3n) is 2.70. The Bertz CT molecular complexity index is 724. The Labute approximate surface area is 146 Å². The van der Waals surface area contributed by atoms with E-state index in [1.165, 1.54) is 0 Å². The summed E-state index contributed by atoms with van der Waals surface area (Å²) in [6, 6.07) is 0. The molecule has 0 aliphatic rings. The van der Waals surface area contributed by atoms with Gasteiger partial charge < -0.3 is 5.11 Å². The minimum Gasteiger partial charge on any atom is -0.503 e. The molecule has 0 aromatic heterocycles. The summed E-state index contributed by atoms with van der Waals surface area (Å²) in [5.41, 5.74) is -4.38. The Morgan fingerprint density at radius 1 is 0.462 bits per heavy atom. The van der Waals surface area contributed by atoms with E-state index < -0.39 is 69.2 Å². The van der Waals surface area contributed by atoms with Crippen molar-refractivity contribution in [2.75, 3.05) is 0 Å². The maximum atomic E-state index is 13.5. The minimum absolute atomic E-state index is 0.139. The van der Waals surface area contributed by atoms with E-state index in [4.69, 9.17) is 5.11 Å². The van der Waals surface area contributed by atoms with Gasteiger partial charge in [-0.15, -0.1) is 17.4 Å². The topological polar surface area (TPSA) is 20.2 Å². The molecule has 11 heteroatoms. The standard InChI is InChI=1S/C12HF9O.3CH3.Al/c13-3-1(4(14)8(18)9(19)7(3)17)2-5(15)10(20)12(22)11(21)6(2)16;;;;/h22H;3*1H3;. The summed E-state index contributed by atoms with van der Waals surface area (Å²) >= 11 is -0.139. The summed E-state index contributed by atoms with van der Waals surface area (Å²) < 4.78 is 119. The van der Waals surface area contributed by atoms with E-state index in [2.05, 4.69) is 17.4 Å². The Kier molecular flexibility index (Phi) is 7.02. The number of benzene rings is 2. The quantitative estimate of drug-likeness (QED) is 0.281. The van der Waals surface area contributed by atoms with E-state index in [1.807, 2.05) is 0 Å². The predicted octanol–water partition coefficient (Wildman–Crippen LogP) is 5.68. The van der Waals surface area contributed by atoms with Gasteiger partial charge in [-0.25, -0.2) is 30.7 Å². The molecule has 0 aliphatic carbocycles. The highest BCUT2D eigenvalue weighted by Gasteiger charge is 2.34. The molecule has 0 atom stereocenters. The van der Waals surface area contributed by atoms with Gasteiger partial charge in [0.05, 0.1) is 11.1 Å². The van der Waals surface area contributed by atoms with Crippen LogP contribution in [0.3, 0.4) is 0 Å². The van der Waals surface area contributed by atoms with Crippen LogP contribution in [0.4, 0.5) is 39.5 Å². The van der Waals surface area contributed by atoms with Gasteiger partial charge in [-0.3, -0.25) is 0 Å². The molecule has 1 nitrogen and oxygen atoms in total. The second-order valence-electron chi connectivity index (χ2n) is 5.66. The molecular formula is C15H10AlF9O. The molecule has 2 rings (SSSR count). The largest absolute Gasteiger partial charge is 0.503 e. The normalized spacial score (nSPS) is 10.5. The molecule has 0 heterocycles. The van der Waals surface area contributed by atoms with E-state index in [0.717, 1.165) is 0 Å². The molecule has 0 radical (unpaired) electrons. The SMILES string of the molecule is Oc1c(F)c(F)c(-c2c(F)c(F)c(F)c(F)c2F)c(F)c1F.[CH3][Al]([CH3])[CH3]. The lowest BCUT2D eigenvalue weighted by Gasteiger charge is -2.12. The van der Waals surface area contributed by atoms with Crippen LogP contribution in [0.5, 0.6) is 5.75 Å². The van der Waals surface area contributed by atoms with Crippen molar-refractivity contribution in [3.8, 4) is 16.9 Å². The lowest BCUT2D eigenvalue weighted by atomic mass is 10.0. The van der Waals surface area contributed by atoms with Gasteiger partial charge in [-0.2, -0.15) is 8.78 Å². The molecule has 0 amide bonds. The predicted molar refractivity (Wildman–Crippen MR) is 76.5 cm³/mol. The summed E-state index contributed by atoms with van der Waals surface area (Å²) in [6.07, 6.45) is 0. The Morgan fingerprint density at radius 2 is 0.654 bits per heavy atom. The second kappa shape index (κ2) is 8.22. The number of aromatic hydroxyl groups is 1. The zero-order chi connectivity index (χ0) is 20.5. The van der Waals surface area contributed by atoms with Crippen LogP contribution < -0.4 is 0 Å². The molecule has 0 aliphatic heterocycles. The van der Waals surface area contributed by atoms with Crippen LogP contribution >= 0.6 is 0 Å². The highest BCUT2D eigenvalue weighted by atomic mass is 27.2. The third-order valence-corrected chi connectivity index (χ3v) is 2.70. The fourth-order valence-corrected chi connectivity index (χ4v) is 1.66. The van der Waals surface area contributed by atoms with Gasteiger partial charge in [0.15, 0.2) is 40.7 Å². The molecule has 0 spiro atoms. The van der Waals surface area contributed by atoms with E-state index in [-0.39, 0.29) is 14.1 Å². The summed E-state index contributed by atoms with van der Waals surface area (Å²) in [6.45, 7) is 0. The zero-order valence-electron chi connectivity index (χ0n) is 13.4. The molecule has 0 saturated heterocycles. The highest BCUT2D eigenvalue weighted by molar-refractivity contribution is 6.54. The van der Waals surface area contributed by atoms with Crippen molar-refractivity contribution in [2.24, 2.45) is 0 Å². The van der Waals surface area contributed by atoms with Crippen molar-refractivity contribution in [1.29, 1.82) is 0 Å². The average Bonchev–Trinajstić information content (AvgIpc) is 2.57.